The third kappa shape index (κ3) is 2.40. The summed E-state index contributed by atoms with van der Waals surface area (Å²) in [4.78, 5) is 15.7. The van der Waals surface area contributed by atoms with E-state index in [0.717, 1.165) is 12.3 Å². The van der Waals surface area contributed by atoms with Crippen LogP contribution in [0.1, 0.15) is 16.9 Å². The SMILES string of the molecule is O=C(O)c1c(NCC2CCSC2)nc2ccccn12. The van der Waals surface area contributed by atoms with E-state index in [1.165, 1.54) is 12.2 Å². The molecule has 6 heteroatoms. The summed E-state index contributed by atoms with van der Waals surface area (Å²) >= 11 is 1.95. The van der Waals surface area contributed by atoms with Crippen molar-refractivity contribution in [2.75, 3.05) is 23.4 Å². The summed E-state index contributed by atoms with van der Waals surface area (Å²) in [6.45, 7) is 0.789. The maximum atomic E-state index is 11.4. The molecular formula is C13H15N3O2S. The molecule has 1 fully saturated rings. The monoisotopic (exact) mass is 277 g/mol. The average molecular weight is 277 g/mol. The van der Waals surface area contributed by atoms with Crippen LogP contribution in [0.25, 0.3) is 5.65 Å². The molecule has 1 saturated heterocycles. The highest BCUT2D eigenvalue weighted by Gasteiger charge is 2.20. The van der Waals surface area contributed by atoms with Crippen LogP contribution in [0.5, 0.6) is 0 Å². The lowest BCUT2D eigenvalue weighted by Gasteiger charge is -2.09. The van der Waals surface area contributed by atoms with E-state index in [1.54, 1.807) is 16.7 Å². The molecule has 1 unspecified atom stereocenters. The van der Waals surface area contributed by atoms with Crippen LogP contribution in [0.3, 0.4) is 0 Å². The van der Waals surface area contributed by atoms with Crippen LogP contribution >= 0.6 is 11.8 Å². The van der Waals surface area contributed by atoms with E-state index in [4.69, 9.17) is 0 Å². The Hall–Kier alpha value is -1.69. The van der Waals surface area contributed by atoms with Gasteiger partial charge in [0.15, 0.2) is 11.5 Å². The molecule has 0 saturated carbocycles. The van der Waals surface area contributed by atoms with E-state index in [1.807, 2.05) is 23.9 Å². The number of aromatic carboxylic acids is 1. The van der Waals surface area contributed by atoms with Crippen molar-refractivity contribution in [1.29, 1.82) is 0 Å². The Morgan fingerprint density at radius 2 is 2.47 bits per heavy atom. The first kappa shape index (κ1) is 12.3. The zero-order valence-electron chi connectivity index (χ0n) is 10.4. The second kappa shape index (κ2) is 5.13. The molecule has 1 aliphatic rings. The fraction of sp³-hybridized carbons (Fsp3) is 0.385. The van der Waals surface area contributed by atoms with Gasteiger partial charge in [-0.15, -0.1) is 0 Å². The van der Waals surface area contributed by atoms with E-state index >= 15 is 0 Å². The summed E-state index contributed by atoms with van der Waals surface area (Å²) in [5, 5.41) is 12.5. The first-order chi connectivity index (χ1) is 9.25. The topological polar surface area (TPSA) is 66.6 Å². The van der Waals surface area contributed by atoms with Gasteiger partial charge in [-0.1, -0.05) is 6.07 Å². The summed E-state index contributed by atoms with van der Waals surface area (Å²) in [5.74, 6) is 2.46. The molecule has 1 aliphatic heterocycles. The molecule has 0 aliphatic carbocycles. The Labute approximate surface area is 115 Å². The van der Waals surface area contributed by atoms with Gasteiger partial charge in [0.1, 0.15) is 5.65 Å². The summed E-state index contributed by atoms with van der Waals surface area (Å²) in [5.41, 5.74) is 0.865. The van der Waals surface area contributed by atoms with Gasteiger partial charge in [0.05, 0.1) is 0 Å². The van der Waals surface area contributed by atoms with Crippen molar-refractivity contribution in [3.8, 4) is 0 Å². The molecule has 19 heavy (non-hydrogen) atoms. The molecule has 0 bridgehead atoms. The lowest BCUT2D eigenvalue weighted by atomic mass is 10.1. The molecule has 5 nitrogen and oxygen atoms in total. The highest BCUT2D eigenvalue weighted by molar-refractivity contribution is 7.99. The fourth-order valence-electron chi connectivity index (χ4n) is 2.31. The molecule has 100 valence electrons. The number of carboxylic acids is 1. The predicted molar refractivity (Wildman–Crippen MR) is 76.1 cm³/mol. The zero-order chi connectivity index (χ0) is 13.2. The van der Waals surface area contributed by atoms with E-state index in [2.05, 4.69) is 10.3 Å². The Morgan fingerprint density at radius 1 is 1.58 bits per heavy atom. The molecule has 3 heterocycles. The first-order valence-electron chi connectivity index (χ1n) is 6.27. The van der Waals surface area contributed by atoms with Crippen molar-refractivity contribution in [1.82, 2.24) is 9.38 Å². The summed E-state index contributed by atoms with van der Waals surface area (Å²) in [6, 6.07) is 5.47. The maximum Gasteiger partial charge on any atom is 0.356 e. The standard InChI is InChI=1S/C13H15N3O2S/c17-13(18)11-12(14-7-9-4-6-19-8-9)15-10-3-1-2-5-16(10)11/h1-3,5,9,14H,4,6-8H2,(H,17,18). The molecular weight excluding hydrogens is 262 g/mol. The summed E-state index contributed by atoms with van der Waals surface area (Å²) in [6.07, 6.45) is 2.91. The Bertz CT molecular complexity index is 605. The van der Waals surface area contributed by atoms with E-state index < -0.39 is 5.97 Å². The normalized spacial score (nSPS) is 18.8. The smallest absolute Gasteiger partial charge is 0.356 e. The largest absolute Gasteiger partial charge is 0.476 e. The molecule has 1 atom stereocenters. The van der Waals surface area contributed by atoms with Crippen molar-refractivity contribution in [3.05, 3.63) is 30.1 Å². The second-order valence-corrected chi connectivity index (χ2v) is 5.80. The number of aromatic nitrogens is 2. The van der Waals surface area contributed by atoms with E-state index in [0.29, 0.717) is 17.4 Å². The predicted octanol–water partition coefficient (Wildman–Crippen LogP) is 2.20. The Kier molecular flexibility index (Phi) is 3.33. The number of carbonyl (C=O) groups is 1. The first-order valence-corrected chi connectivity index (χ1v) is 7.43. The van der Waals surface area contributed by atoms with Crippen molar-refractivity contribution in [2.45, 2.75) is 6.42 Å². The lowest BCUT2D eigenvalue weighted by Crippen LogP contribution is -2.16. The van der Waals surface area contributed by atoms with E-state index in [-0.39, 0.29) is 5.69 Å². The number of anilines is 1. The van der Waals surface area contributed by atoms with Crippen LogP contribution in [-0.4, -0.2) is 38.5 Å². The van der Waals surface area contributed by atoms with Gasteiger partial charge in [0.25, 0.3) is 0 Å². The summed E-state index contributed by atoms with van der Waals surface area (Å²) in [7, 11) is 0. The molecule has 0 amide bonds. The lowest BCUT2D eigenvalue weighted by molar-refractivity contribution is 0.0690. The highest BCUT2D eigenvalue weighted by atomic mass is 32.2. The van der Waals surface area contributed by atoms with Gasteiger partial charge in [0.2, 0.25) is 0 Å². The van der Waals surface area contributed by atoms with Gasteiger partial charge < -0.3 is 10.4 Å². The van der Waals surface area contributed by atoms with Gasteiger partial charge in [-0.05, 0) is 36.0 Å². The number of imidazole rings is 1. The van der Waals surface area contributed by atoms with Gasteiger partial charge in [-0.2, -0.15) is 11.8 Å². The number of nitrogens with one attached hydrogen (secondary N) is 1. The van der Waals surface area contributed by atoms with Crippen LogP contribution in [0.15, 0.2) is 24.4 Å². The third-order valence-corrected chi connectivity index (χ3v) is 4.55. The zero-order valence-corrected chi connectivity index (χ0v) is 11.2. The van der Waals surface area contributed by atoms with Crippen LogP contribution in [0.4, 0.5) is 5.82 Å². The molecule has 0 radical (unpaired) electrons. The molecule has 2 aromatic heterocycles. The third-order valence-electron chi connectivity index (χ3n) is 3.31. The van der Waals surface area contributed by atoms with Crippen LogP contribution in [0.2, 0.25) is 0 Å². The number of rotatable bonds is 4. The number of hydrogen-bond acceptors (Lipinski definition) is 4. The molecule has 2 aromatic rings. The van der Waals surface area contributed by atoms with Gasteiger partial charge >= 0.3 is 5.97 Å². The Morgan fingerprint density at radius 3 is 3.21 bits per heavy atom. The number of pyridine rings is 1. The molecule has 2 N–H and O–H groups in total. The van der Waals surface area contributed by atoms with Crippen molar-refractivity contribution < 1.29 is 9.90 Å². The molecule has 3 rings (SSSR count). The van der Waals surface area contributed by atoms with Crippen molar-refractivity contribution in [3.63, 3.8) is 0 Å². The second-order valence-electron chi connectivity index (χ2n) is 4.65. The van der Waals surface area contributed by atoms with Crippen molar-refractivity contribution in [2.24, 2.45) is 5.92 Å². The highest BCUT2D eigenvalue weighted by Crippen LogP contribution is 2.24. The number of hydrogen-bond donors (Lipinski definition) is 2. The van der Waals surface area contributed by atoms with Gasteiger partial charge in [-0.3, -0.25) is 4.40 Å². The van der Waals surface area contributed by atoms with Gasteiger partial charge in [-0.25, -0.2) is 9.78 Å². The quantitative estimate of drug-likeness (QED) is 0.896. The number of carboxylic acid groups (broad SMARTS) is 1. The number of thioether (sulfide) groups is 1. The van der Waals surface area contributed by atoms with E-state index in [9.17, 15) is 9.90 Å². The molecule has 0 aromatic carbocycles. The number of nitrogens with zero attached hydrogens (tertiary/aromatic N) is 2. The summed E-state index contributed by atoms with van der Waals surface area (Å²) < 4.78 is 1.61. The minimum Gasteiger partial charge on any atom is -0.476 e. The van der Waals surface area contributed by atoms with Gasteiger partial charge in [0, 0.05) is 12.7 Å². The maximum absolute atomic E-state index is 11.4. The minimum absolute atomic E-state index is 0.209. The van der Waals surface area contributed by atoms with Crippen LogP contribution in [-0.2, 0) is 0 Å². The molecule has 0 spiro atoms. The van der Waals surface area contributed by atoms with Crippen LogP contribution in [0, 0.1) is 5.92 Å². The Balaban J connectivity index is 1.88. The van der Waals surface area contributed by atoms with Crippen LogP contribution < -0.4 is 5.32 Å². The average Bonchev–Trinajstić information content (AvgIpc) is 3.03. The number of fused-ring (bicyclic) bond motifs is 1. The fourth-order valence-corrected chi connectivity index (χ4v) is 3.59. The van der Waals surface area contributed by atoms with Crippen molar-refractivity contribution >= 4 is 29.2 Å². The minimum atomic E-state index is -0.956.